The third-order valence-corrected chi connectivity index (χ3v) is 2.46. The third kappa shape index (κ3) is 2.45. The fourth-order valence-electron chi connectivity index (χ4n) is 1.28. The summed E-state index contributed by atoms with van der Waals surface area (Å²) in [6.45, 7) is 3.41. The summed E-state index contributed by atoms with van der Waals surface area (Å²) in [5.74, 6) is -0.163. The van der Waals surface area contributed by atoms with Crippen molar-refractivity contribution >= 4 is 17.7 Å². The van der Waals surface area contributed by atoms with E-state index in [9.17, 15) is 4.79 Å². The van der Waals surface area contributed by atoms with Gasteiger partial charge in [-0.15, -0.1) is 0 Å². The smallest absolute Gasteiger partial charge is 0.234 e. The minimum absolute atomic E-state index is 0.143. The van der Waals surface area contributed by atoms with E-state index in [1.165, 1.54) is 11.3 Å². The van der Waals surface area contributed by atoms with Crippen molar-refractivity contribution in [1.29, 1.82) is 0 Å². The molecular weight excluding hydrogens is 200 g/mol. The zero-order valence-electron chi connectivity index (χ0n) is 8.27. The molecule has 1 unspecified atom stereocenters. The first-order chi connectivity index (χ1) is 6.66. The van der Waals surface area contributed by atoms with Crippen molar-refractivity contribution in [1.82, 2.24) is 9.40 Å². The Labute approximate surface area is 88.8 Å². The first-order valence-electron chi connectivity index (χ1n) is 4.53. The molecule has 0 aliphatic heterocycles. The molecule has 4 heteroatoms. The number of carbonyl (C=O) groups excluding carboxylic acids is 1. The first-order valence-corrected chi connectivity index (χ1v) is 4.87. The van der Waals surface area contributed by atoms with E-state index >= 15 is 0 Å². The molecule has 76 valence electrons. The van der Waals surface area contributed by atoms with Crippen LogP contribution in [0.2, 0.25) is 0 Å². The van der Waals surface area contributed by atoms with Crippen molar-refractivity contribution in [3.05, 3.63) is 30.1 Å². The molecule has 0 fully saturated rings. The number of halogens is 1. The van der Waals surface area contributed by atoms with Gasteiger partial charge in [0.15, 0.2) is 0 Å². The minimum atomic E-state index is -0.163. The van der Waals surface area contributed by atoms with Crippen molar-refractivity contribution in [3.63, 3.8) is 0 Å². The number of amides is 1. The van der Waals surface area contributed by atoms with Crippen LogP contribution < -0.4 is 0 Å². The van der Waals surface area contributed by atoms with E-state index in [4.69, 9.17) is 11.8 Å². The summed E-state index contributed by atoms with van der Waals surface area (Å²) in [5.41, 5.74) is 0.820. The highest BCUT2D eigenvalue weighted by Crippen LogP contribution is 2.23. The summed E-state index contributed by atoms with van der Waals surface area (Å²) in [6, 6.07) is 5.45. The summed E-state index contributed by atoms with van der Waals surface area (Å²) >= 11 is 5.86. The average molecular weight is 213 g/mol. The number of pyridine rings is 1. The van der Waals surface area contributed by atoms with E-state index in [0.29, 0.717) is 0 Å². The standard InChI is InChI=1S/C10H13ClN2O/c1-3-10(13(11)8(2)14)9-6-4-5-7-12-9/h4-7,10H,3H2,1-2H3. The Bertz CT molecular complexity index is 302. The maximum Gasteiger partial charge on any atom is 0.234 e. The Morgan fingerprint density at radius 3 is 2.79 bits per heavy atom. The monoisotopic (exact) mass is 212 g/mol. The Morgan fingerprint density at radius 1 is 1.64 bits per heavy atom. The molecule has 0 aliphatic carbocycles. The summed E-state index contributed by atoms with van der Waals surface area (Å²) < 4.78 is 1.20. The van der Waals surface area contributed by atoms with E-state index in [1.54, 1.807) is 6.20 Å². The van der Waals surface area contributed by atoms with Crippen LogP contribution in [0.4, 0.5) is 0 Å². The van der Waals surface area contributed by atoms with Crippen LogP contribution in [-0.2, 0) is 4.79 Å². The molecule has 0 bridgehead atoms. The van der Waals surface area contributed by atoms with Gasteiger partial charge >= 0.3 is 0 Å². The van der Waals surface area contributed by atoms with Gasteiger partial charge < -0.3 is 0 Å². The van der Waals surface area contributed by atoms with Crippen LogP contribution >= 0.6 is 11.8 Å². The molecule has 1 atom stereocenters. The van der Waals surface area contributed by atoms with Gasteiger partial charge in [-0.1, -0.05) is 13.0 Å². The topological polar surface area (TPSA) is 33.2 Å². The fourth-order valence-corrected chi connectivity index (χ4v) is 1.52. The molecule has 3 nitrogen and oxygen atoms in total. The van der Waals surface area contributed by atoms with Crippen molar-refractivity contribution < 1.29 is 4.79 Å². The van der Waals surface area contributed by atoms with Crippen LogP contribution in [0, 0.1) is 0 Å². The minimum Gasteiger partial charge on any atom is -0.274 e. The number of aromatic nitrogens is 1. The summed E-state index contributed by atoms with van der Waals surface area (Å²) in [4.78, 5) is 15.3. The summed E-state index contributed by atoms with van der Waals surface area (Å²) in [7, 11) is 0. The molecule has 1 amide bonds. The zero-order chi connectivity index (χ0) is 10.6. The Hall–Kier alpha value is -1.09. The molecule has 1 heterocycles. The van der Waals surface area contributed by atoms with Gasteiger partial charge in [0, 0.05) is 24.9 Å². The molecule has 0 spiro atoms. The van der Waals surface area contributed by atoms with Crippen LogP contribution in [0.1, 0.15) is 32.0 Å². The SMILES string of the molecule is CCC(c1ccccn1)N(Cl)C(C)=O. The predicted molar refractivity (Wildman–Crippen MR) is 55.6 cm³/mol. The molecule has 14 heavy (non-hydrogen) atoms. The van der Waals surface area contributed by atoms with Crippen LogP contribution in [-0.4, -0.2) is 15.3 Å². The highest BCUT2D eigenvalue weighted by molar-refractivity contribution is 6.21. The van der Waals surface area contributed by atoms with E-state index in [0.717, 1.165) is 12.1 Å². The second kappa shape index (κ2) is 4.96. The van der Waals surface area contributed by atoms with E-state index < -0.39 is 0 Å². The first kappa shape index (κ1) is 11.0. The molecule has 0 aromatic carbocycles. The Morgan fingerprint density at radius 2 is 2.36 bits per heavy atom. The maximum atomic E-state index is 11.1. The predicted octanol–water partition coefficient (Wildman–Crippen LogP) is 2.54. The van der Waals surface area contributed by atoms with Crippen molar-refractivity contribution in [2.24, 2.45) is 0 Å². The molecule has 0 radical (unpaired) electrons. The average Bonchev–Trinajstić information content (AvgIpc) is 2.20. The summed E-state index contributed by atoms with van der Waals surface area (Å²) in [6.07, 6.45) is 2.45. The van der Waals surface area contributed by atoms with Crippen LogP contribution in [0.3, 0.4) is 0 Å². The summed E-state index contributed by atoms with van der Waals surface area (Å²) in [5, 5.41) is 0. The molecule has 0 saturated carbocycles. The highest BCUT2D eigenvalue weighted by atomic mass is 35.5. The normalized spacial score (nSPS) is 12.2. The van der Waals surface area contributed by atoms with E-state index in [-0.39, 0.29) is 11.9 Å². The molecule has 0 aliphatic rings. The Kier molecular flexibility index (Phi) is 3.89. The number of nitrogens with zero attached hydrogens (tertiary/aromatic N) is 2. The second-order valence-electron chi connectivity index (χ2n) is 3.01. The van der Waals surface area contributed by atoms with Gasteiger partial charge in [-0.05, 0) is 18.6 Å². The largest absolute Gasteiger partial charge is 0.274 e. The molecule has 1 aromatic rings. The van der Waals surface area contributed by atoms with Crippen molar-refractivity contribution in [3.8, 4) is 0 Å². The lowest BCUT2D eigenvalue weighted by Crippen LogP contribution is -2.24. The lowest BCUT2D eigenvalue weighted by molar-refractivity contribution is -0.126. The van der Waals surface area contributed by atoms with Gasteiger partial charge in [0.1, 0.15) is 0 Å². The lowest BCUT2D eigenvalue weighted by Gasteiger charge is -2.22. The lowest BCUT2D eigenvalue weighted by atomic mass is 10.1. The van der Waals surface area contributed by atoms with Gasteiger partial charge in [-0.3, -0.25) is 9.78 Å². The fraction of sp³-hybridized carbons (Fsp3) is 0.400. The molecule has 1 rings (SSSR count). The van der Waals surface area contributed by atoms with E-state index in [1.807, 2.05) is 25.1 Å². The number of hydrogen-bond acceptors (Lipinski definition) is 2. The molecule has 1 aromatic heterocycles. The van der Waals surface area contributed by atoms with Crippen LogP contribution in [0.5, 0.6) is 0 Å². The van der Waals surface area contributed by atoms with Gasteiger partial charge in [0.05, 0.1) is 11.7 Å². The van der Waals surface area contributed by atoms with Crippen molar-refractivity contribution in [2.75, 3.05) is 0 Å². The number of hydrogen-bond donors (Lipinski definition) is 0. The van der Waals surface area contributed by atoms with Gasteiger partial charge in [0.2, 0.25) is 5.91 Å². The Balaban J connectivity index is 2.87. The quantitative estimate of drug-likeness (QED) is 0.722. The highest BCUT2D eigenvalue weighted by Gasteiger charge is 2.20. The van der Waals surface area contributed by atoms with Crippen LogP contribution in [0.15, 0.2) is 24.4 Å². The number of rotatable bonds is 3. The zero-order valence-corrected chi connectivity index (χ0v) is 9.03. The molecule has 0 saturated heterocycles. The molecule has 0 N–H and O–H groups in total. The molecular formula is C10H13ClN2O. The second-order valence-corrected chi connectivity index (χ2v) is 3.37. The number of carbonyl (C=O) groups is 1. The third-order valence-electron chi connectivity index (χ3n) is 1.99. The maximum absolute atomic E-state index is 11.1. The van der Waals surface area contributed by atoms with Gasteiger partial charge in [0.25, 0.3) is 0 Å². The van der Waals surface area contributed by atoms with Gasteiger partial charge in [-0.2, -0.15) is 0 Å². The van der Waals surface area contributed by atoms with Gasteiger partial charge in [-0.25, -0.2) is 4.42 Å². The van der Waals surface area contributed by atoms with E-state index in [2.05, 4.69) is 4.98 Å². The van der Waals surface area contributed by atoms with Crippen LogP contribution in [0.25, 0.3) is 0 Å². The van der Waals surface area contributed by atoms with Crippen molar-refractivity contribution in [2.45, 2.75) is 26.3 Å².